The zero-order chi connectivity index (χ0) is 9.84. The standard InChI is InChI=1S/C9H7Cl2IO/c10-5-7(13)4-6-2-1-3-8(12)9(6)11/h1-3H,4-5H2. The smallest absolute Gasteiger partial charge is 0.152 e. The average molecular weight is 329 g/mol. The molecular weight excluding hydrogens is 322 g/mol. The first kappa shape index (κ1) is 11.3. The minimum atomic E-state index is -0.00873. The highest BCUT2D eigenvalue weighted by atomic mass is 127. The molecule has 0 spiro atoms. The van der Waals surface area contributed by atoms with Crippen LogP contribution in [0.25, 0.3) is 0 Å². The number of benzene rings is 1. The lowest BCUT2D eigenvalue weighted by Crippen LogP contribution is -2.04. The lowest BCUT2D eigenvalue weighted by Gasteiger charge is -2.03. The van der Waals surface area contributed by atoms with E-state index >= 15 is 0 Å². The Morgan fingerprint density at radius 3 is 2.77 bits per heavy atom. The van der Waals surface area contributed by atoms with E-state index in [0.29, 0.717) is 11.4 Å². The highest BCUT2D eigenvalue weighted by Crippen LogP contribution is 2.23. The molecule has 0 aliphatic rings. The summed E-state index contributed by atoms with van der Waals surface area (Å²) in [5, 5.41) is 0.654. The van der Waals surface area contributed by atoms with Crippen LogP contribution in [-0.2, 0) is 11.2 Å². The van der Waals surface area contributed by atoms with Crippen molar-refractivity contribution in [1.82, 2.24) is 0 Å². The van der Waals surface area contributed by atoms with Crippen molar-refractivity contribution >= 4 is 51.6 Å². The van der Waals surface area contributed by atoms with Crippen molar-refractivity contribution in [1.29, 1.82) is 0 Å². The molecule has 0 aliphatic heterocycles. The first-order chi connectivity index (χ1) is 6.15. The average Bonchev–Trinajstić information content (AvgIpc) is 2.13. The van der Waals surface area contributed by atoms with Crippen LogP contribution in [0.5, 0.6) is 0 Å². The topological polar surface area (TPSA) is 17.1 Å². The van der Waals surface area contributed by atoms with Gasteiger partial charge in [-0.05, 0) is 34.2 Å². The van der Waals surface area contributed by atoms with Gasteiger partial charge in [0.05, 0.1) is 10.9 Å². The van der Waals surface area contributed by atoms with Crippen LogP contribution in [0, 0.1) is 3.57 Å². The van der Waals surface area contributed by atoms with Crippen LogP contribution in [-0.4, -0.2) is 11.7 Å². The molecule has 0 amide bonds. The summed E-state index contributed by atoms with van der Waals surface area (Å²) in [5.74, 6) is 0.0347. The minimum absolute atomic E-state index is 0.00873. The van der Waals surface area contributed by atoms with Crippen molar-refractivity contribution in [2.24, 2.45) is 0 Å². The zero-order valence-corrected chi connectivity index (χ0v) is 10.4. The summed E-state index contributed by atoms with van der Waals surface area (Å²) in [7, 11) is 0. The van der Waals surface area contributed by atoms with Crippen molar-refractivity contribution in [2.45, 2.75) is 6.42 Å². The van der Waals surface area contributed by atoms with E-state index in [-0.39, 0.29) is 11.7 Å². The van der Waals surface area contributed by atoms with Crippen LogP contribution in [0.2, 0.25) is 5.02 Å². The predicted octanol–water partition coefficient (Wildman–Crippen LogP) is 3.30. The van der Waals surface area contributed by atoms with Crippen LogP contribution < -0.4 is 0 Å². The SMILES string of the molecule is O=C(CCl)Cc1cccc(I)c1Cl. The van der Waals surface area contributed by atoms with E-state index < -0.39 is 0 Å². The molecule has 13 heavy (non-hydrogen) atoms. The summed E-state index contributed by atoms with van der Waals surface area (Å²) >= 11 is 13.5. The molecule has 0 aliphatic carbocycles. The molecule has 0 radical (unpaired) electrons. The summed E-state index contributed by atoms with van der Waals surface area (Å²) in [6.45, 7) is 0. The van der Waals surface area contributed by atoms with E-state index in [0.717, 1.165) is 9.13 Å². The van der Waals surface area contributed by atoms with Crippen LogP contribution in [0.15, 0.2) is 18.2 Å². The highest BCUT2D eigenvalue weighted by molar-refractivity contribution is 14.1. The van der Waals surface area contributed by atoms with Gasteiger partial charge in [0.25, 0.3) is 0 Å². The number of alkyl halides is 1. The maximum atomic E-state index is 11.1. The van der Waals surface area contributed by atoms with Gasteiger partial charge in [-0.1, -0.05) is 23.7 Å². The first-order valence-electron chi connectivity index (χ1n) is 3.65. The lowest BCUT2D eigenvalue weighted by atomic mass is 10.1. The molecule has 1 aromatic rings. The second-order valence-corrected chi connectivity index (χ2v) is 4.37. The molecule has 0 bridgehead atoms. The Labute approximate surface area is 101 Å². The van der Waals surface area contributed by atoms with Gasteiger partial charge in [0, 0.05) is 9.99 Å². The molecule has 0 atom stereocenters. The number of hydrogen-bond donors (Lipinski definition) is 0. The third-order valence-electron chi connectivity index (χ3n) is 1.57. The van der Waals surface area contributed by atoms with E-state index in [1.54, 1.807) is 0 Å². The fourth-order valence-electron chi connectivity index (χ4n) is 0.945. The third-order valence-corrected chi connectivity index (χ3v) is 3.53. The van der Waals surface area contributed by atoms with Gasteiger partial charge in [0.1, 0.15) is 0 Å². The van der Waals surface area contributed by atoms with Crippen LogP contribution in [0.1, 0.15) is 5.56 Å². The van der Waals surface area contributed by atoms with Gasteiger partial charge in [-0.3, -0.25) is 4.79 Å². The quantitative estimate of drug-likeness (QED) is 0.614. The second-order valence-electron chi connectivity index (χ2n) is 2.56. The third kappa shape index (κ3) is 3.11. The van der Waals surface area contributed by atoms with Crippen molar-refractivity contribution in [3.8, 4) is 0 Å². The van der Waals surface area contributed by atoms with E-state index in [1.807, 2.05) is 18.2 Å². The normalized spacial score (nSPS) is 10.1. The Balaban J connectivity index is 2.89. The summed E-state index contributed by atoms with van der Waals surface area (Å²) < 4.78 is 0.958. The fourth-order valence-corrected chi connectivity index (χ4v) is 1.79. The van der Waals surface area contributed by atoms with Crippen LogP contribution >= 0.6 is 45.8 Å². The maximum Gasteiger partial charge on any atom is 0.152 e. The molecule has 0 fully saturated rings. The van der Waals surface area contributed by atoms with Gasteiger partial charge < -0.3 is 0 Å². The summed E-state index contributed by atoms with van der Waals surface area (Å²) in [5.41, 5.74) is 0.846. The molecule has 0 unspecified atom stereocenters. The molecule has 1 rings (SSSR count). The van der Waals surface area contributed by atoms with Crippen molar-refractivity contribution < 1.29 is 4.79 Å². The lowest BCUT2D eigenvalue weighted by molar-refractivity contribution is -0.116. The predicted molar refractivity (Wildman–Crippen MR) is 63.6 cm³/mol. The fraction of sp³-hybridized carbons (Fsp3) is 0.222. The molecule has 0 N–H and O–H groups in total. The number of rotatable bonds is 3. The van der Waals surface area contributed by atoms with Gasteiger partial charge in [-0.15, -0.1) is 11.6 Å². The molecule has 4 heteroatoms. The molecule has 0 heterocycles. The van der Waals surface area contributed by atoms with Crippen molar-refractivity contribution in [3.05, 3.63) is 32.4 Å². The summed E-state index contributed by atoms with van der Waals surface area (Å²) in [6.07, 6.45) is 0.319. The van der Waals surface area contributed by atoms with E-state index in [9.17, 15) is 4.79 Å². The number of ketones is 1. The zero-order valence-electron chi connectivity index (χ0n) is 6.69. The largest absolute Gasteiger partial charge is 0.298 e. The Kier molecular flexibility index (Phi) is 4.49. The molecular formula is C9H7Cl2IO. The van der Waals surface area contributed by atoms with Crippen molar-refractivity contribution in [3.63, 3.8) is 0 Å². The van der Waals surface area contributed by atoms with E-state index in [4.69, 9.17) is 23.2 Å². The highest BCUT2D eigenvalue weighted by Gasteiger charge is 2.07. The Bertz CT molecular complexity index is 325. The van der Waals surface area contributed by atoms with Gasteiger partial charge in [0.15, 0.2) is 5.78 Å². The number of carbonyl (C=O) groups is 1. The second kappa shape index (κ2) is 5.17. The van der Waals surface area contributed by atoms with E-state index in [2.05, 4.69) is 22.6 Å². The molecule has 1 nitrogen and oxygen atoms in total. The minimum Gasteiger partial charge on any atom is -0.298 e. The Hall–Kier alpha value is 0.200. The molecule has 70 valence electrons. The summed E-state index contributed by atoms with van der Waals surface area (Å²) in [4.78, 5) is 11.1. The first-order valence-corrected chi connectivity index (χ1v) is 5.65. The van der Waals surface area contributed by atoms with Gasteiger partial charge in [0.2, 0.25) is 0 Å². The number of carbonyl (C=O) groups excluding carboxylic acids is 1. The molecule has 0 aromatic heterocycles. The number of hydrogen-bond acceptors (Lipinski definition) is 1. The van der Waals surface area contributed by atoms with Crippen LogP contribution in [0.4, 0.5) is 0 Å². The van der Waals surface area contributed by atoms with Gasteiger partial charge in [-0.2, -0.15) is 0 Å². The molecule has 1 aromatic carbocycles. The van der Waals surface area contributed by atoms with E-state index in [1.165, 1.54) is 0 Å². The Morgan fingerprint density at radius 2 is 2.15 bits per heavy atom. The Morgan fingerprint density at radius 1 is 1.46 bits per heavy atom. The molecule has 0 saturated carbocycles. The van der Waals surface area contributed by atoms with Crippen LogP contribution in [0.3, 0.4) is 0 Å². The number of Topliss-reactive ketones (excluding diaryl/α,β-unsaturated/α-hetero) is 1. The van der Waals surface area contributed by atoms with Crippen molar-refractivity contribution in [2.75, 3.05) is 5.88 Å². The molecule has 0 saturated heterocycles. The van der Waals surface area contributed by atoms with Gasteiger partial charge in [-0.25, -0.2) is 0 Å². The number of halogens is 3. The summed E-state index contributed by atoms with van der Waals surface area (Å²) in [6, 6.07) is 5.62. The van der Waals surface area contributed by atoms with Gasteiger partial charge >= 0.3 is 0 Å². The monoisotopic (exact) mass is 328 g/mol. The maximum absolute atomic E-state index is 11.1.